The van der Waals surface area contributed by atoms with E-state index in [9.17, 15) is 22.8 Å². The summed E-state index contributed by atoms with van der Waals surface area (Å²) in [4.78, 5) is 33.3. The predicted octanol–water partition coefficient (Wildman–Crippen LogP) is 4.09. The second-order valence-corrected chi connectivity index (χ2v) is 8.75. The summed E-state index contributed by atoms with van der Waals surface area (Å²) < 4.78 is 40.4. The van der Waals surface area contributed by atoms with Crippen LogP contribution in [0.3, 0.4) is 0 Å². The minimum Gasteiger partial charge on any atom is -0.337 e. The number of pyridine rings is 1. The maximum atomic E-state index is 13.7. The van der Waals surface area contributed by atoms with Crippen molar-refractivity contribution < 1.29 is 18.0 Å². The first-order valence-electron chi connectivity index (χ1n) is 11.9. The fraction of sp³-hybridized carbons (Fsp3) is 0.385. The highest BCUT2D eigenvalue weighted by Crippen LogP contribution is 2.19. The number of hydrogen-bond acceptors (Lipinski definition) is 5. The molecule has 1 N–H and O–H groups in total. The lowest BCUT2D eigenvalue weighted by Gasteiger charge is -2.37. The van der Waals surface area contributed by atoms with Gasteiger partial charge in [-0.3, -0.25) is 19.6 Å². The molecule has 0 radical (unpaired) electrons. The molecular weight excluding hydrogens is 485 g/mol. The van der Waals surface area contributed by atoms with Gasteiger partial charge in [-0.25, -0.2) is 22.8 Å². The van der Waals surface area contributed by atoms with Crippen LogP contribution >= 0.6 is 0 Å². The number of rotatable bonds is 9. The molecule has 0 spiro atoms. The van der Waals surface area contributed by atoms with Crippen LogP contribution in [0.25, 0.3) is 11.4 Å². The van der Waals surface area contributed by atoms with Crippen molar-refractivity contribution in [3.05, 3.63) is 76.1 Å². The van der Waals surface area contributed by atoms with Gasteiger partial charge in [-0.15, -0.1) is 0 Å². The Morgan fingerprint density at radius 2 is 2.16 bits per heavy atom. The van der Waals surface area contributed by atoms with Crippen molar-refractivity contribution in [1.29, 1.82) is 5.26 Å². The number of likely N-dealkylation sites (N-methyl/N-ethyl adjacent to an activating group) is 1. The number of nitrogens with one attached hydrogen (secondary N) is 1. The number of aromatic amines is 1. The summed E-state index contributed by atoms with van der Waals surface area (Å²) in [5.74, 6) is -0.572. The highest BCUT2D eigenvalue weighted by atomic mass is 19.3. The van der Waals surface area contributed by atoms with Crippen molar-refractivity contribution in [3.8, 4) is 11.9 Å². The average Bonchev–Trinajstić information content (AvgIpc) is 3.29. The van der Waals surface area contributed by atoms with Crippen LogP contribution in [0.5, 0.6) is 0 Å². The van der Waals surface area contributed by atoms with Gasteiger partial charge >= 0.3 is 0 Å². The Balaban J connectivity index is 1.72. The number of nitriles is 1. The highest BCUT2D eigenvalue weighted by molar-refractivity contribution is 5.94. The molecule has 1 fully saturated rings. The van der Waals surface area contributed by atoms with E-state index in [1.165, 1.54) is 35.3 Å². The molecule has 0 saturated carbocycles. The van der Waals surface area contributed by atoms with Gasteiger partial charge in [0.1, 0.15) is 11.9 Å². The van der Waals surface area contributed by atoms with E-state index in [0.717, 1.165) is 6.42 Å². The molecule has 1 amide bonds. The number of aromatic nitrogens is 3. The van der Waals surface area contributed by atoms with Crippen LogP contribution in [0.15, 0.2) is 59.5 Å². The zero-order valence-corrected chi connectivity index (χ0v) is 20.8. The maximum absolute atomic E-state index is 13.7. The molecule has 1 aliphatic heterocycles. The molecule has 1 aliphatic rings. The third-order valence-electron chi connectivity index (χ3n) is 6.25. The maximum Gasteiger partial charge on any atom is 0.280 e. The Hall–Kier alpha value is -3.91. The molecule has 0 aromatic carbocycles. The molecule has 37 heavy (non-hydrogen) atoms. The average molecular weight is 515 g/mol. The Morgan fingerprint density at radius 1 is 1.41 bits per heavy atom. The monoisotopic (exact) mass is 514 g/mol. The lowest BCUT2D eigenvalue weighted by atomic mass is 10.0. The van der Waals surface area contributed by atoms with Crippen LogP contribution in [0.1, 0.15) is 42.1 Å². The van der Waals surface area contributed by atoms with Crippen LogP contribution in [-0.4, -0.2) is 69.6 Å². The fourth-order valence-electron chi connectivity index (χ4n) is 4.12. The van der Waals surface area contributed by atoms with Crippen LogP contribution < -0.4 is 5.56 Å². The molecule has 196 valence electrons. The summed E-state index contributed by atoms with van der Waals surface area (Å²) in [6.07, 6.45) is 4.54. The number of H-pyrrole nitrogens is 1. The first-order chi connectivity index (χ1) is 17.7. The van der Waals surface area contributed by atoms with E-state index in [2.05, 4.69) is 16.7 Å². The van der Waals surface area contributed by atoms with Gasteiger partial charge in [0.2, 0.25) is 0 Å². The fourth-order valence-corrected chi connectivity index (χ4v) is 4.12. The van der Waals surface area contributed by atoms with Crippen molar-refractivity contribution in [2.45, 2.75) is 38.7 Å². The van der Waals surface area contributed by atoms with Crippen molar-refractivity contribution >= 4 is 11.5 Å². The molecule has 1 atom stereocenters. The number of hydrogen-bond donors (Lipinski definition) is 1. The summed E-state index contributed by atoms with van der Waals surface area (Å²) in [5.41, 5.74) is 0.212. The number of allylic oxidation sites excluding steroid dienone is 5. The number of halogens is 3. The molecule has 0 bridgehead atoms. The number of amides is 1. The molecule has 2 aromatic rings. The zero-order valence-electron chi connectivity index (χ0n) is 20.8. The summed E-state index contributed by atoms with van der Waals surface area (Å²) in [5, 5.41) is 11.9. The van der Waals surface area contributed by atoms with Crippen molar-refractivity contribution in [2.24, 2.45) is 0 Å². The molecule has 0 aliphatic carbocycles. The quantitative estimate of drug-likeness (QED) is 0.402. The van der Waals surface area contributed by atoms with Crippen molar-refractivity contribution in [1.82, 2.24) is 24.6 Å². The molecule has 3 heterocycles. The van der Waals surface area contributed by atoms with E-state index in [1.807, 2.05) is 0 Å². The Bertz CT molecular complexity index is 1290. The minimum atomic E-state index is -2.44. The number of carbonyl (C=O) groups is 1. The number of carbonyl (C=O) groups excluding carboxylic acids is 1. The van der Waals surface area contributed by atoms with Gasteiger partial charge in [0, 0.05) is 31.5 Å². The lowest BCUT2D eigenvalue weighted by molar-refractivity contribution is 0.0439. The normalized spacial score (nSPS) is 16.8. The van der Waals surface area contributed by atoms with Crippen LogP contribution in [0.2, 0.25) is 0 Å². The van der Waals surface area contributed by atoms with Gasteiger partial charge in [-0.2, -0.15) is 5.26 Å². The van der Waals surface area contributed by atoms with E-state index in [1.54, 1.807) is 35.9 Å². The largest absolute Gasteiger partial charge is 0.337 e. The topological polar surface area (TPSA) is 98.0 Å². The summed E-state index contributed by atoms with van der Waals surface area (Å²) in [7, 11) is 1.64. The first-order valence-corrected chi connectivity index (χ1v) is 11.9. The highest BCUT2D eigenvalue weighted by Gasteiger charge is 2.28. The molecule has 0 unspecified atom stereocenters. The second kappa shape index (κ2) is 12.4. The van der Waals surface area contributed by atoms with Crippen molar-refractivity contribution in [2.75, 3.05) is 26.7 Å². The predicted molar refractivity (Wildman–Crippen MR) is 134 cm³/mol. The van der Waals surface area contributed by atoms with E-state index in [0.29, 0.717) is 25.1 Å². The molecule has 11 heteroatoms. The van der Waals surface area contributed by atoms with E-state index in [-0.39, 0.29) is 47.4 Å². The Kier molecular flexibility index (Phi) is 9.25. The van der Waals surface area contributed by atoms with Gasteiger partial charge in [-0.05, 0) is 50.1 Å². The third kappa shape index (κ3) is 6.65. The van der Waals surface area contributed by atoms with Gasteiger partial charge < -0.3 is 4.90 Å². The molecule has 8 nitrogen and oxygen atoms in total. The second-order valence-electron chi connectivity index (χ2n) is 8.75. The van der Waals surface area contributed by atoms with Crippen LogP contribution in [0.4, 0.5) is 13.2 Å². The standard InChI is InChI=1S/C26H29F3N6O2/c1-4-22(27)18(12-30)8-7-17(2)21-14-32-35(26(21)37)24-10-9-19(13-31-24)25(36)34-11-5-6-20(15-34)33(3)16-23(28)29/h7-10,13-14,20,23,32H,2,4-6,11,15-16H2,1,3H3/b8-7-,22-18-/t20-/m1/s1. The van der Waals surface area contributed by atoms with Gasteiger partial charge in [-0.1, -0.05) is 19.6 Å². The molecule has 3 rings (SSSR count). The first kappa shape index (κ1) is 27.7. The molecular formula is C26H29F3N6O2. The minimum absolute atomic E-state index is 0.0783. The Labute approximate surface area is 213 Å². The number of piperidine rings is 1. The van der Waals surface area contributed by atoms with Crippen LogP contribution in [0, 0.1) is 11.3 Å². The van der Waals surface area contributed by atoms with E-state index in [4.69, 9.17) is 5.26 Å². The van der Waals surface area contributed by atoms with Crippen LogP contribution in [-0.2, 0) is 0 Å². The molecule has 1 saturated heterocycles. The smallest absolute Gasteiger partial charge is 0.280 e. The zero-order chi connectivity index (χ0) is 27.1. The van der Waals surface area contributed by atoms with Gasteiger partial charge in [0.05, 0.1) is 23.2 Å². The van der Waals surface area contributed by atoms with Gasteiger partial charge in [0.25, 0.3) is 17.9 Å². The SMILES string of the molecule is C=C(/C=C\C(C#N)=C(\F)CC)c1c[nH]n(-c2ccc(C(=O)N3CCC[C@@H](N(C)CC(F)F)C3)cn2)c1=O. The molecule has 2 aromatic heterocycles. The Morgan fingerprint density at radius 3 is 2.78 bits per heavy atom. The number of likely N-dealkylation sites (tertiary alicyclic amines) is 1. The van der Waals surface area contributed by atoms with Crippen molar-refractivity contribution in [3.63, 3.8) is 0 Å². The third-order valence-corrected chi connectivity index (χ3v) is 6.25. The number of nitrogens with zero attached hydrogens (tertiary/aromatic N) is 5. The summed E-state index contributed by atoms with van der Waals surface area (Å²) >= 11 is 0. The lowest BCUT2D eigenvalue weighted by Crippen LogP contribution is -2.49. The number of alkyl halides is 2. The van der Waals surface area contributed by atoms with E-state index < -0.39 is 17.8 Å². The van der Waals surface area contributed by atoms with E-state index >= 15 is 0 Å². The van der Waals surface area contributed by atoms with Gasteiger partial charge in [0.15, 0.2) is 5.82 Å². The summed E-state index contributed by atoms with van der Waals surface area (Å²) in [6, 6.07) is 4.70. The summed E-state index contributed by atoms with van der Waals surface area (Å²) in [6.45, 7) is 5.94.